The molecule has 2 aliphatic rings. The predicted molar refractivity (Wildman–Crippen MR) is 116 cm³/mol. The van der Waals surface area contributed by atoms with E-state index in [-0.39, 0.29) is 23.4 Å². The van der Waals surface area contributed by atoms with Gasteiger partial charge < -0.3 is 19.7 Å². The minimum Gasteiger partial charge on any atom is -0.508 e. The van der Waals surface area contributed by atoms with Crippen LogP contribution in [0.5, 0.6) is 11.5 Å². The average molecular weight is 416 g/mol. The second-order valence-corrected chi connectivity index (χ2v) is 8.08. The number of carbonyl (C=O) groups is 1. The molecular formula is C25H24N2O4. The summed E-state index contributed by atoms with van der Waals surface area (Å²) in [6, 6.07) is 15.0. The van der Waals surface area contributed by atoms with Crippen LogP contribution in [0.25, 0.3) is 0 Å². The first kappa shape index (κ1) is 19.4. The summed E-state index contributed by atoms with van der Waals surface area (Å²) in [6.45, 7) is 4.47. The van der Waals surface area contributed by atoms with Gasteiger partial charge in [0.05, 0.1) is 17.9 Å². The third kappa shape index (κ3) is 3.38. The summed E-state index contributed by atoms with van der Waals surface area (Å²) < 4.78 is 11.2. The number of allylic oxidation sites excluding steroid dienone is 2. The Balaban J connectivity index is 1.57. The number of benzene rings is 2. The van der Waals surface area contributed by atoms with E-state index in [0.717, 1.165) is 39.4 Å². The summed E-state index contributed by atoms with van der Waals surface area (Å²) in [5.74, 6) is 1.58. The van der Waals surface area contributed by atoms with Crippen LogP contribution in [-0.2, 0) is 4.79 Å². The Labute approximate surface area is 180 Å². The van der Waals surface area contributed by atoms with Gasteiger partial charge in [-0.05, 0) is 61.6 Å². The van der Waals surface area contributed by atoms with Crippen molar-refractivity contribution < 1.29 is 19.2 Å². The average Bonchev–Trinajstić information content (AvgIpc) is 3.14. The quantitative estimate of drug-likeness (QED) is 0.619. The maximum atomic E-state index is 13.5. The number of carbonyl (C=O) groups excluding carboxylic acids is 1. The molecule has 2 atom stereocenters. The van der Waals surface area contributed by atoms with Gasteiger partial charge in [-0.3, -0.25) is 4.79 Å². The highest BCUT2D eigenvalue weighted by Gasteiger charge is 2.41. The van der Waals surface area contributed by atoms with Crippen LogP contribution < -0.4 is 10.1 Å². The van der Waals surface area contributed by atoms with Crippen LogP contribution in [-0.4, -0.2) is 22.7 Å². The molecule has 2 heterocycles. The van der Waals surface area contributed by atoms with Crippen molar-refractivity contribution in [1.29, 1.82) is 0 Å². The SMILES string of the molecule is CCOc1ccc([C@@H]2C3=C(C[C@@H](c4ccc(O)cc4)CC3=O)Nc3onc(C)c32)cc1. The number of phenolic OH excluding ortho intramolecular Hbond substituents is 1. The predicted octanol–water partition coefficient (Wildman–Crippen LogP) is 5.05. The fraction of sp³-hybridized carbons (Fsp3) is 0.280. The molecule has 6 nitrogen and oxygen atoms in total. The number of hydrogen-bond acceptors (Lipinski definition) is 6. The van der Waals surface area contributed by atoms with E-state index in [1.54, 1.807) is 12.1 Å². The molecule has 6 heteroatoms. The minimum atomic E-state index is -0.221. The largest absolute Gasteiger partial charge is 0.508 e. The Morgan fingerprint density at radius 3 is 2.52 bits per heavy atom. The number of aromatic nitrogens is 1. The molecule has 2 aromatic carbocycles. The second-order valence-electron chi connectivity index (χ2n) is 8.08. The number of aryl methyl sites for hydroxylation is 1. The zero-order valence-electron chi connectivity index (χ0n) is 17.5. The van der Waals surface area contributed by atoms with Crippen LogP contribution in [0.3, 0.4) is 0 Å². The van der Waals surface area contributed by atoms with Gasteiger partial charge in [-0.25, -0.2) is 0 Å². The number of Topliss-reactive ketones (excluding diaryl/α,β-unsaturated/α-hetero) is 1. The highest BCUT2D eigenvalue weighted by atomic mass is 16.5. The fourth-order valence-electron chi connectivity index (χ4n) is 4.71. The van der Waals surface area contributed by atoms with Gasteiger partial charge in [0.15, 0.2) is 5.78 Å². The molecule has 5 rings (SSSR count). The lowest BCUT2D eigenvalue weighted by atomic mass is 9.72. The lowest BCUT2D eigenvalue weighted by molar-refractivity contribution is -0.116. The molecule has 0 radical (unpaired) electrons. The lowest BCUT2D eigenvalue weighted by Gasteiger charge is -2.34. The Morgan fingerprint density at radius 1 is 1.10 bits per heavy atom. The van der Waals surface area contributed by atoms with Crippen molar-refractivity contribution in [3.8, 4) is 11.5 Å². The van der Waals surface area contributed by atoms with Crippen molar-refractivity contribution >= 4 is 11.7 Å². The summed E-state index contributed by atoms with van der Waals surface area (Å²) in [5, 5.41) is 17.1. The van der Waals surface area contributed by atoms with E-state index in [4.69, 9.17) is 9.26 Å². The van der Waals surface area contributed by atoms with E-state index in [2.05, 4.69) is 10.5 Å². The van der Waals surface area contributed by atoms with E-state index in [1.807, 2.05) is 50.2 Å². The Hall–Kier alpha value is -3.54. The molecule has 2 N–H and O–H groups in total. The number of rotatable bonds is 4. The molecule has 0 saturated heterocycles. The van der Waals surface area contributed by atoms with E-state index >= 15 is 0 Å². The molecule has 0 unspecified atom stereocenters. The Morgan fingerprint density at radius 2 is 1.81 bits per heavy atom. The molecule has 1 aromatic heterocycles. The zero-order chi connectivity index (χ0) is 21.5. The van der Waals surface area contributed by atoms with E-state index in [1.165, 1.54) is 0 Å². The highest BCUT2D eigenvalue weighted by molar-refractivity contribution is 6.01. The molecule has 0 fully saturated rings. The molecular weight excluding hydrogens is 392 g/mol. The number of aromatic hydroxyl groups is 1. The Bertz CT molecular complexity index is 1160. The first-order chi connectivity index (χ1) is 15.0. The number of phenols is 1. The first-order valence-corrected chi connectivity index (χ1v) is 10.6. The lowest BCUT2D eigenvalue weighted by Crippen LogP contribution is -2.29. The van der Waals surface area contributed by atoms with Gasteiger partial charge in [-0.1, -0.05) is 29.4 Å². The van der Waals surface area contributed by atoms with Gasteiger partial charge in [0.1, 0.15) is 11.5 Å². The molecule has 1 aliphatic heterocycles. The number of ketones is 1. The Kier molecular flexibility index (Phi) is 4.77. The fourth-order valence-corrected chi connectivity index (χ4v) is 4.71. The molecule has 31 heavy (non-hydrogen) atoms. The number of anilines is 1. The first-order valence-electron chi connectivity index (χ1n) is 10.6. The summed E-state index contributed by atoms with van der Waals surface area (Å²) >= 11 is 0. The van der Waals surface area contributed by atoms with Gasteiger partial charge in [0.25, 0.3) is 0 Å². The van der Waals surface area contributed by atoms with E-state index in [0.29, 0.717) is 25.3 Å². The van der Waals surface area contributed by atoms with Crippen molar-refractivity contribution in [2.24, 2.45) is 0 Å². The number of nitrogens with one attached hydrogen (secondary N) is 1. The highest BCUT2D eigenvalue weighted by Crippen LogP contribution is 2.49. The van der Waals surface area contributed by atoms with Crippen LogP contribution in [0.1, 0.15) is 54.0 Å². The topological polar surface area (TPSA) is 84.6 Å². The molecule has 0 amide bonds. The third-order valence-electron chi connectivity index (χ3n) is 6.15. The maximum absolute atomic E-state index is 13.5. The van der Waals surface area contributed by atoms with Gasteiger partial charge >= 0.3 is 0 Å². The summed E-state index contributed by atoms with van der Waals surface area (Å²) in [4.78, 5) is 13.5. The molecule has 1 aliphatic carbocycles. The number of nitrogens with zero attached hydrogens (tertiary/aromatic N) is 1. The molecule has 0 bridgehead atoms. The van der Waals surface area contributed by atoms with Crippen molar-refractivity contribution in [3.05, 3.63) is 82.2 Å². The van der Waals surface area contributed by atoms with E-state index < -0.39 is 0 Å². The maximum Gasteiger partial charge on any atom is 0.233 e. The molecule has 0 saturated carbocycles. The summed E-state index contributed by atoms with van der Waals surface area (Å²) in [5.41, 5.74) is 5.42. The van der Waals surface area contributed by atoms with Crippen LogP contribution in [0.15, 0.2) is 64.3 Å². The van der Waals surface area contributed by atoms with Gasteiger partial charge in [-0.2, -0.15) is 0 Å². The van der Waals surface area contributed by atoms with Crippen molar-refractivity contribution in [3.63, 3.8) is 0 Å². The van der Waals surface area contributed by atoms with E-state index in [9.17, 15) is 9.90 Å². The molecule has 3 aromatic rings. The van der Waals surface area contributed by atoms with Crippen molar-refractivity contribution in [2.75, 3.05) is 11.9 Å². The number of ether oxygens (including phenoxy) is 1. The number of hydrogen-bond donors (Lipinski definition) is 2. The monoisotopic (exact) mass is 416 g/mol. The molecule has 158 valence electrons. The summed E-state index contributed by atoms with van der Waals surface area (Å²) in [6.07, 6.45) is 1.12. The standard InChI is InChI=1S/C25H24N2O4/c1-3-30-19-10-6-16(7-11-19)23-22-14(2)27-31-25(22)26-20-12-17(13-21(29)24(20)23)15-4-8-18(28)9-5-15/h4-11,17,23,26,28H,3,12-13H2,1-2H3/t17-,23+/m1/s1. The second kappa shape index (κ2) is 7.61. The normalized spacial score (nSPS) is 20.1. The van der Waals surface area contributed by atoms with Gasteiger partial charge in [0, 0.05) is 23.6 Å². The van der Waals surface area contributed by atoms with Crippen LogP contribution in [0.4, 0.5) is 5.88 Å². The summed E-state index contributed by atoms with van der Waals surface area (Å²) in [7, 11) is 0. The minimum absolute atomic E-state index is 0.0471. The van der Waals surface area contributed by atoms with Crippen LogP contribution in [0.2, 0.25) is 0 Å². The van der Waals surface area contributed by atoms with Gasteiger partial charge in [-0.15, -0.1) is 0 Å². The molecule has 0 spiro atoms. The van der Waals surface area contributed by atoms with Crippen LogP contribution in [0, 0.1) is 6.92 Å². The smallest absolute Gasteiger partial charge is 0.233 e. The third-order valence-corrected chi connectivity index (χ3v) is 6.15. The number of fused-ring (bicyclic) bond motifs is 1. The van der Waals surface area contributed by atoms with Crippen molar-refractivity contribution in [2.45, 2.75) is 38.5 Å². The van der Waals surface area contributed by atoms with Crippen LogP contribution >= 0.6 is 0 Å². The van der Waals surface area contributed by atoms with Gasteiger partial charge in [0.2, 0.25) is 5.88 Å². The van der Waals surface area contributed by atoms with Crippen molar-refractivity contribution in [1.82, 2.24) is 5.16 Å². The zero-order valence-corrected chi connectivity index (χ0v) is 17.5.